The summed E-state index contributed by atoms with van der Waals surface area (Å²) in [6.07, 6.45) is 0.990. The largest absolute Gasteiger partial charge is 0.434 e. The summed E-state index contributed by atoms with van der Waals surface area (Å²) < 4.78 is 49.0. The summed E-state index contributed by atoms with van der Waals surface area (Å²) >= 11 is 0. The highest BCUT2D eigenvalue weighted by molar-refractivity contribution is 5.80. The molecule has 0 aromatic heterocycles. The van der Waals surface area contributed by atoms with Crippen LogP contribution in [0.5, 0.6) is 5.75 Å². The Labute approximate surface area is 152 Å². The standard InChI is InChI=1S/C18H26F3N3O2/c1-3-22-18(24-9-8-13(11-24)12-25-4-2)23-10-14-15(19)6-5-7-16(14)26-17(20)21/h5-7,13,17H,3-4,8-12H2,1-2H3,(H,22,23). The molecule has 8 heteroatoms. The highest BCUT2D eigenvalue weighted by Gasteiger charge is 2.25. The molecule has 1 saturated heterocycles. The number of halogens is 3. The van der Waals surface area contributed by atoms with Crippen molar-refractivity contribution in [2.75, 3.05) is 32.8 Å². The molecule has 1 aliphatic heterocycles. The van der Waals surface area contributed by atoms with E-state index in [1.54, 1.807) is 0 Å². The van der Waals surface area contributed by atoms with Crippen molar-refractivity contribution in [3.63, 3.8) is 0 Å². The van der Waals surface area contributed by atoms with Crippen LogP contribution in [0.3, 0.4) is 0 Å². The van der Waals surface area contributed by atoms with Gasteiger partial charge in [-0.15, -0.1) is 0 Å². The molecule has 0 saturated carbocycles. The van der Waals surface area contributed by atoms with Crippen LogP contribution >= 0.6 is 0 Å². The van der Waals surface area contributed by atoms with Crippen LogP contribution in [0.2, 0.25) is 0 Å². The van der Waals surface area contributed by atoms with E-state index in [2.05, 4.69) is 19.9 Å². The van der Waals surface area contributed by atoms with E-state index < -0.39 is 12.4 Å². The van der Waals surface area contributed by atoms with Gasteiger partial charge in [0.1, 0.15) is 11.6 Å². The highest BCUT2D eigenvalue weighted by atomic mass is 19.3. The Kier molecular flexibility index (Phi) is 8.03. The zero-order valence-corrected chi connectivity index (χ0v) is 15.2. The molecule has 1 aromatic carbocycles. The molecular formula is C18H26F3N3O2. The Morgan fingerprint density at radius 1 is 1.38 bits per heavy atom. The van der Waals surface area contributed by atoms with E-state index in [1.165, 1.54) is 18.2 Å². The normalized spacial score (nSPS) is 17.8. The fraction of sp³-hybridized carbons (Fsp3) is 0.611. The van der Waals surface area contributed by atoms with Gasteiger partial charge in [0.15, 0.2) is 5.96 Å². The van der Waals surface area contributed by atoms with E-state index in [-0.39, 0.29) is 17.9 Å². The average molecular weight is 373 g/mol. The predicted octanol–water partition coefficient (Wildman–Crippen LogP) is 3.25. The second kappa shape index (κ2) is 10.3. The second-order valence-electron chi connectivity index (χ2n) is 6.03. The Hall–Kier alpha value is -1.96. The first-order valence-corrected chi connectivity index (χ1v) is 8.88. The number of alkyl halides is 2. The van der Waals surface area contributed by atoms with Crippen LogP contribution in [0, 0.1) is 11.7 Å². The number of rotatable bonds is 8. The molecule has 1 aromatic rings. The van der Waals surface area contributed by atoms with Gasteiger partial charge in [-0.3, -0.25) is 0 Å². The zero-order valence-electron chi connectivity index (χ0n) is 15.2. The summed E-state index contributed by atoms with van der Waals surface area (Å²) in [5.74, 6) is 0.261. The molecule has 0 amide bonds. The number of nitrogens with one attached hydrogen (secondary N) is 1. The third kappa shape index (κ3) is 5.79. The number of guanidine groups is 1. The van der Waals surface area contributed by atoms with E-state index in [4.69, 9.17) is 4.74 Å². The van der Waals surface area contributed by atoms with Gasteiger partial charge in [-0.05, 0) is 32.4 Å². The van der Waals surface area contributed by atoms with Gasteiger partial charge in [0.05, 0.1) is 18.7 Å². The Bertz CT molecular complexity index is 599. The lowest BCUT2D eigenvalue weighted by Gasteiger charge is -2.22. The number of aliphatic imine (C=N–C) groups is 1. The fourth-order valence-corrected chi connectivity index (χ4v) is 2.92. The molecule has 0 aliphatic carbocycles. The monoisotopic (exact) mass is 373 g/mol. The molecule has 1 atom stereocenters. The zero-order chi connectivity index (χ0) is 18.9. The van der Waals surface area contributed by atoms with Crippen LogP contribution in [0.25, 0.3) is 0 Å². The Morgan fingerprint density at radius 2 is 2.19 bits per heavy atom. The van der Waals surface area contributed by atoms with Crippen LogP contribution in [0.4, 0.5) is 13.2 Å². The molecule has 1 unspecified atom stereocenters. The van der Waals surface area contributed by atoms with E-state index in [1.807, 2.05) is 13.8 Å². The first-order valence-electron chi connectivity index (χ1n) is 8.88. The lowest BCUT2D eigenvalue weighted by Crippen LogP contribution is -2.40. The molecule has 0 spiro atoms. The second-order valence-corrected chi connectivity index (χ2v) is 6.03. The topological polar surface area (TPSA) is 46.1 Å². The summed E-state index contributed by atoms with van der Waals surface area (Å²) in [5, 5.41) is 3.17. The smallest absolute Gasteiger partial charge is 0.387 e. The van der Waals surface area contributed by atoms with Gasteiger partial charge in [-0.2, -0.15) is 8.78 Å². The van der Waals surface area contributed by atoms with Crippen LogP contribution < -0.4 is 10.1 Å². The minimum atomic E-state index is -3.01. The maximum atomic E-state index is 14.1. The van der Waals surface area contributed by atoms with Crippen molar-refractivity contribution in [1.29, 1.82) is 0 Å². The number of likely N-dealkylation sites (tertiary alicyclic amines) is 1. The van der Waals surface area contributed by atoms with Gasteiger partial charge in [0.2, 0.25) is 0 Å². The van der Waals surface area contributed by atoms with Gasteiger partial charge < -0.3 is 19.7 Å². The van der Waals surface area contributed by atoms with Crippen molar-refractivity contribution in [2.45, 2.75) is 33.4 Å². The molecule has 26 heavy (non-hydrogen) atoms. The summed E-state index contributed by atoms with van der Waals surface area (Å²) in [5.41, 5.74) is 0.0215. The van der Waals surface area contributed by atoms with Gasteiger partial charge in [-0.25, -0.2) is 9.38 Å². The van der Waals surface area contributed by atoms with E-state index >= 15 is 0 Å². The third-order valence-corrected chi connectivity index (χ3v) is 4.16. The molecule has 5 nitrogen and oxygen atoms in total. The Balaban J connectivity index is 2.10. The summed E-state index contributed by atoms with van der Waals surface area (Å²) in [4.78, 5) is 6.52. The van der Waals surface area contributed by atoms with Crippen LogP contribution in [0.15, 0.2) is 23.2 Å². The van der Waals surface area contributed by atoms with E-state index in [9.17, 15) is 13.2 Å². The maximum Gasteiger partial charge on any atom is 0.387 e. The highest BCUT2D eigenvalue weighted by Crippen LogP contribution is 2.24. The molecular weight excluding hydrogens is 347 g/mol. The molecule has 146 valence electrons. The molecule has 1 aliphatic rings. The van der Waals surface area contributed by atoms with Crippen molar-refractivity contribution in [3.8, 4) is 5.75 Å². The quantitative estimate of drug-likeness (QED) is 0.561. The minimum Gasteiger partial charge on any atom is -0.434 e. The molecule has 1 N–H and O–H groups in total. The molecule has 1 heterocycles. The van der Waals surface area contributed by atoms with Gasteiger partial charge in [-0.1, -0.05) is 6.07 Å². The Morgan fingerprint density at radius 3 is 2.88 bits per heavy atom. The SMILES string of the molecule is CCNC(=NCc1c(F)cccc1OC(F)F)N1CCC(COCC)C1. The number of nitrogens with zero attached hydrogens (tertiary/aromatic N) is 2. The molecule has 0 radical (unpaired) electrons. The first-order chi connectivity index (χ1) is 12.5. The summed E-state index contributed by atoms with van der Waals surface area (Å²) in [6, 6.07) is 3.87. The predicted molar refractivity (Wildman–Crippen MR) is 94.0 cm³/mol. The van der Waals surface area contributed by atoms with Crippen LogP contribution in [-0.4, -0.2) is 50.3 Å². The number of hydrogen-bond donors (Lipinski definition) is 1. The number of hydrogen-bond acceptors (Lipinski definition) is 3. The van der Waals surface area contributed by atoms with Crippen molar-refractivity contribution in [1.82, 2.24) is 10.2 Å². The molecule has 0 bridgehead atoms. The van der Waals surface area contributed by atoms with Crippen molar-refractivity contribution in [3.05, 3.63) is 29.6 Å². The van der Waals surface area contributed by atoms with E-state index in [0.29, 0.717) is 31.6 Å². The van der Waals surface area contributed by atoms with Gasteiger partial charge in [0.25, 0.3) is 0 Å². The lowest BCUT2D eigenvalue weighted by molar-refractivity contribution is -0.0506. The average Bonchev–Trinajstić information content (AvgIpc) is 3.06. The summed E-state index contributed by atoms with van der Waals surface area (Å²) in [7, 11) is 0. The van der Waals surface area contributed by atoms with E-state index in [0.717, 1.165) is 19.5 Å². The maximum absolute atomic E-state index is 14.1. The fourth-order valence-electron chi connectivity index (χ4n) is 2.92. The van der Waals surface area contributed by atoms with Gasteiger partial charge >= 0.3 is 6.61 Å². The van der Waals surface area contributed by atoms with Crippen molar-refractivity contribution < 1.29 is 22.6 Å². The minimum absolute atomic E-state index is 0.0215. The van der Waals surface area contributed by atoms with Crippen molar-refractivity contribution in [2.24, 2.45) is 10.9 Å². The number of ether oxygens (including phenoxy) is 2. The lowest BCUT2D eigenvalue weighted by atomic mass is 10.1. The van der Waals surface area contributed by atoms with Gasteiger partial charge in [0, 0.05) is 32.2 Å². The molecule has 2 rings (SSSR count). The van der Waals surface area contributed by atoms with Crippen LogP contribution in [-0.2, 0) is 11.3 Å². The number of benzene rings is 1. The third-order valence-electron chi connectivity index (χ3n) is 4.16. The first kappa shape index (κ1) is 20.4. The molecule has 1 fully saturated rings. The summed E-state index contributed by atoms with van der Waals surface area (Å²) in [6.45, 7) is 4.48. The van der Waals surface area contributed by atoms with Crippen molar-refractivity contribution >= 4 is 5.96 Å². The van der Waals surface area contributed by atoms with Crippen LogP contribution in [0.1, 0.15) is 25.8 Å².